The van der Waals surface area contributed by atoms with Crippen LogP contribution in [0.1, 0.15) is 56.9 Å². The summed E-state index contributed by atoms with van der Waals surface area (Å²) in [5.74, 6) is 1.84. The smallest absolute Gasteiger partial charge is 0.132 e. The SMILES string of the molecule is CN=C(c1cc(N2CCCCC2C)ncn1)c1cc(OC(C)C)ccc1C. The molecule has 5 heteroatoms. The van der Waals surface area contributed by atoms with Gasteiger partial charge in [0.15, 0.2) is 0 Å². The van der Waals surface area contributed by atoms with E-state index in [9.17, 15) is 0 Å². The maximum Gasteiger partial charge on any atom is 0.132 e. The van der Waals surface area contributed by atoms with Gasteiger partial charge in [-0.15, -0.1) is 0 Å². The lowest BCUT2D eigenvalue weighted by atomic mass is 10.0. The Kier molecular flexibility index (Phi) is 6.09. The van der Waals surface area contributed by atoms with Crippen LogP contribution < -0.4 is 9.64 Å². The van der Waals surface area contributed by atoms with Gasteiger partial charge in [0, 0.05) is 31.3 Å². The minimum absolute atomic E-state index is 0.133. The highest BCUT2D eigenvalue weighted by atomic mass is 16.5. The number of rotatable bonds is 5. The molecule has 27 heavy (non-hydrogen) atoms. The number of nitrogens with zero attached hydrogens (tertiary/aromatic N) is 4. The van der Waals surface area contributed by atoms with E-state index in [4.69, 9.17) is 4.74 Å². The number of aromatic nitrogens is 2. The van der Waals surface area contributed by atoms with Crippen LogP contribution in [0.3, 0.4) is 0 Å². The first kappa shape index (κ1) is 19.3. The Balaban J connectivity index is 1.96. The summed E-state index contributed by atoms with van der Waals surface area (Å²) in [5.41, 5.74) is 3.92. The quantitative estimate of drug-likeness (QED) is 0.735. The maximum atomic E-state index is 5.88. The van der Waals surface area contributed by atoms with Crippen molar-refractivity contribution >= 4 is 11.5 Å². The fraction of sp³-hybridized carbons (Fsp3) is 0.500. The normalized spacial score (nSPS) is 18.1. The van der Waals surface area contributed by atoms with Gasteiger partial charge in [-0.05, 0) is 64.7 Å². The fourth-order valence-corrected chi connectivity index (χ4v) is 3.65. The summed E-state index contributed by atoms with van der Waals surface area (Å²) < 4.78 is 5.88. The average Bonchev–Trinajstić information content (AvgIpc) is 2.65. The number of hydrogen-bond donors (Lipinski definition) is 0. The van der Waals surface area contributed by atoms with Gasteiger partial charge in [0.1, 0.15) is 17.9 Å². The fourth-order valence-electron chi connectivity index (χ4n) is 3.65. The summed E-state index contributed by atoms with van der Waals surface area (Å²) in [6.07, 6.45) is 5.50. The Bertz CT molecular complexity index is 816. The lowest BCUT2D eigenvalue weighted by Gasteiger charge is -2.34. The number of piperidine rings is 1. The number of anilines is 1. The number of ether oxygens (including phenoxy) is 1. The molecule has 0 radical (unpaired) electrons. The van der Waals surface area contributed by atoms with Crippen molar-refractivity contribution in [2.24, 2.45) is 4.99 Å². The summed E-state index contributed by atoms with van der Waals surface area (Å²) in [6, 6.07) is 8.72. The topological polar surface area (TPSA) is 50.6 Å². The standard InChI is InChI=1S/C22H30N4O/c1-15(2)27-18-10-9-16(3)19(12-18)22(23-5)20-13-21(25-14-24-20)26-11-7-6-8-17(26)4/h9-10,12-15,17H,6-8,11H2,1-5H3. The molecule has 1 unspecified atom stereocenters. The number of aryl methyl sites for hydroxylation is 1. The minimum Gasteiger partial charge on any atom is -0.491 e. The lowest BCUT2D eigenvalue weighted by Crippen LogP contribution is -2.38. The van der Waals surface area contributed by atoms with E-state index < -0.39 is 0 Å². The van der Waals surface area contributed by atoms with E-state index in [1.54, 1.807) is 6.33 Å². The van der Waals surface area contributed by atoms with Crippen molar-refractivity contribution in [3.8, 4) is 5.75 Å². The largest absolute Gasteiger partial charge is 0.491 e. The van der Waals surface area contributed by atoms with E-state index in [1.165, 1.54) is 19.3 Å². The van der Waals surface area contributed by atoms with Crippen LogP contribution in [0, 0.1) is 6.92 Å². The number of hydrogen-bond acceptors (Lipinski definition) is 5. The van der Waals surface area contributed by atoms with Gasteiger partial charge >= 0.3 is 0 Å². The lowest BCUT2D eigenvalue weighted by molar-refractivity contribution is 0.242. The van der Waals surface area contributed by atoms with Crippen molar-refractivity contribution in [3.05, 3.63) is 47.4 Å². The second-order valence-electron chi connectivity index (χ2n) is 7.52. The molecule has 0 amide bonds. The summed E-state index contributed by atoms with van der Waals surface area (Å²) in [5, 5.41) is 0. The van der Waals surface area contributed by atoms with Crippen LogP contribution in [0.4, 0.5) is 5.82 Å². The van der Waals surface area contributed by atoms with E-state index in [-0.39, 0.29) is 6.10 Å². The van der Waals surface area contributed by atoms with Crippen molar-refractivity contribution in [1.29, 1.82) is 0 Å². The van der Waals surface area contributed by atoms with E-state index in [1.807, 2.05) is 27.0 Å². The second kappa shape index (κ2) is 8.51. The maximum absolute atomic E-state index is 5.88. The molecule has 1 aliphatic rings. The van der Waals surface area contributed by atoms with Crippen LogP contribution in [-0.4, -0.2) is 41.4 Å². The molecule has 0 N–H and O–H groups in total. The number of benzene rings is 1. The van der Waals surface area contributed by atoms with Gasteiger partial charge in [0.05, 0.1) is 17.5 Å². The zero-order valence-corrected chi connectivity index (χ0v) is 17.1. The zero-order chi connectivity index (χ0) is 19.4. The number of aliphatic imine (C=N–C) groups is 1. The molecule has 5 nitrogen and oxygen atoms in total. The molecule has 2 aromatic rings. The third-order valence-electron chi connectivity index (χ3n) is 5.05. The summed E-state index contributed by atoms with van der Waals surface area (Å²) in [6.45, 7) is 9.48. The first-order chi connectivity index (χ1) is 13.0. The van der Waals surface area contributed by atoms with Crippen LogP contribution in [-0.2, 0) is 0 Å². The third kappa shape index (κ3) is 4.46. The molecule has 1 fully saturated rings. The monoisotopic (exact) mass is 366 g/mol. The van der Waals surface area contributed by atoms with Gasteiger partial charge in [-0.1, -0.05) is 6.07 Å². The molecule has 1 atom stereocenters. The Morgan fingerprint density at radius 3 is 2.74 bits per heavy atom. The summed E-state index contributed by atoms with van der Waals surface area (Å²) in [7, 11) is 1.82. The Morgan fingerprint density at radius 2 is 2.04 bits per heavy atom. The molecule has 1 aliphatic heterocycles. The molecule has 1 aromatic heterocycles. The molecule has 144 valence electrons. The first-order valence-electron chi connectivity index (χ1n) is 9.83. The van der Waals surface area contributed by atoms with Crippen molar-refractivity contribution in [1.82, 2.24) is 9.97 Å². The van der Waals surface area contributed by atoms with Crippen molar-refractivity contribution < 1.29 is 4.74 Å². The average molecular weight is 367 g/mol. The summed E-state index contributed by atoms with van der Waals surface area (Å²) >= 11 is 0. The molecule has 1 saturated heterocycles. The highest BCUT2D eigenvalue weighted by molar-refractivity contribution is 6.13. The van der Waals surface area contributed by atoms with Crippen molar-refractivity contribution in [2.45, 2.75) is 59.1 Å². The first-order valence-corrected chi connectivity index (χ1v) is 9.83. The van der Waals surface area contributed by atoms with Crippen molar-refractivity contribution in [3.63, 3.8) is 0 Å². The molecular formula is C22H30N4O. The Hall–Kier alpha value is -2.43. The molecule has 0 aliphatic carbocycles. The van der Waals surface area contributed by atoms with Crippen LogP contribution in [0.25, 0.3) is 0 Å². The Labute approximate surface area is 162 Å². The predicted molar refractivity (Wildman–Crippen MR) is 111 cm³/mol. The molecule has 3 rings (SSSR count). The van der Waals surface area contributed by atoms with Gasteiger partial charge in [-0.2, -0.15) is 0 Å². The highest BCUT2D eigenvalue weighted by Gasteiger charge is 2.21. The Morgan fingerprint density at radius 1 is 1.22 bits per heavy atom. The van der Waals surface area contributed by atoms with Crippen LogP contribution in [0.2, 0.25) is 0 Å². The van der Waals surface area contributed by atoms with Gasteiger partial charge in [0.25, 0.3) is 0 Å². The molecule has 0 spiro atoms. The van der Waals surface area contributed by atoms with Gasteiger partial charge in [0.2, 0.25) is 0 Å². The molecular weight excluding hydrogens is 336 g/mol. The van der Waals surface area contributed by atoms with Gasteiger partial charge < -0.3 is 9.64 Å². The van der Waals surface area contributed by atoms with E-state index in [0.717, 1.165) is 40.6 Å². The third-order valence-corrected chi connectivity index (χ3v) is 5.05. The highest BCUT2D eigenvalue weighted by Crippen LogP contribution is 2.25. The molecule has 0 saturated carbocycles. The molecule has 2 heterocycles. The second-order valence-corrected chi connectivity index (χ2v) is 7.52. The van der Waals surface area contributed by atoms with Crippen molar-refractivity contribution in [2.75, 3.05) is 18.5 Å². The molecule has 1 aromatic carbocycles. The zero-order valence-electron chi connectivity index (χ0n) is 17.1. The van der Waals surface area contributed by atoms with E-state index in [2.05, 4.69) is 51.9 Å². The van der Waals surface area contributed by atoms with Gasteiger partial charge in [-0.25, -0.2) is 9.97 Å². The van der Waals surface area contributed by atoms with Crippen LogP contribution in [0.15, 0.2) is 35.6 Å². The molecule has 0 bridgehead atoms. The van der Waals surface area contributed by atoms with Gasteiger partial charge in [-0.3, -0.25) is 4.99 Å². The van der Waals surface area contributed by atoms with Crippen LogP contribution >= 0.6 is 0 Å². The summed E-state index contributed by atoms with van der Waals surface area (Å²) in [4.78, 5) is 16.0. The minimum atomic E-state index is 0.133. The van der Waals surface area contributed by atoms with Crippen LogP contribution in [0.5, 0.6) is 5.75 Å². The van der Waals surface area contributed by atoms with E-state index >= 15 is 0 Å². The van der Waals surface area contributed by atoms with E-state index in [0.29, 0.717) is 6.04 Å². The predicted octanol–water partition coefficient (Wildman–Crippen LogP) is 4.42.